The van der Waals surface area contributed by atoms with E-state index < -0.39 is 234 Å². The molecule has 1 saturated heterocycles. The molecule has 53 heavy (non-hydrogen) atoms. The van der Waals surface area contributed by atoms with E-state index in [0.29, 0.717) is 4.57 Å². The molecule has 0 saturated carbocycles. The van der Waals surface area contributed by atoms with E-state index in [4.69, 9.17) is 30.2 Å². The van der Waals surface area contributed by atoms with Crippen LogP contribution in [-0.4, -0.2) is 59.5 Å². The lowest BCUT2D eigenvalue weighted by molar-refractivity contribution is -0.137. The number of likely N-dealkylation sites (tertiary alicyclic amines) is 1. The topological polar surface area (TPSA) is 54.8 Å². The van der Waals surface area contributed by atoms with E-state index in [1.807, 2.05) is 0 Å². The summed E-state index contributed by atoms with van der Waals surface area (Å²) in [6, 6.07) is -20.4. The van der Waals surface area contributed by atoms with Crippen molar-refractivity contribution >= 4 is 28.6 Å². The van der Waals surface area contributed by atoms with E-state index in [-0.39, 0.29) is 22.2 Å². The molecule has 2 heterocycles. The van der Waals surface area contributed by atoms with Crippen LogP contribution >= 0.6 is 11.8 Å². The van der Waals surface area contributed by atoms with Gasteiger partial charge in [-0.2, -0.15) is 13.2 Å². The van der Waals surface area contributed by atoms with E-state index in [1.54, 1.807) is 0 Å². The van der Waals surface area contributed by atoms with Crippen LogP contribution in [0.2, 0.25) is 0 Å². The molecule has 278 valence electrons. The molecular formula is C41H40F5N3O3S. The second-order valence-corrected chi connectivity index (χ2v) is 12.2. The van der Waals surface area contributed by atoms with Gasteiger partial charge in [-0.1, -0.05) is 59.9 Å². The number of aromatic nitrogens is 1. The van der Waals surface area contributed by atoms with E-state index >= 15 is 9.18 Å². The first-order valence-electron chi connectivity index (χ1n) is 27.4. The van der Waals surface area contributed by atoms with Crippen molar-refractivity contribution in [3.05, 3.63) is 135 Å². The lowest BCUT2D eigenvalue weighted by atomic mass is 10.00. The molecular weight excluding hydrogens is 710 g/mol. The molecule has 6 rings (SSSR count). The lowest BCUT2D eigenvalue weighted by Crippen LogP contribution is -2.48. The SMILES string of the molecule is [2H]c1c([2H])c(F)c(F)c(CSc2c([2H])c(=O)c3c([2H])c(C)c([2H])c([2H])c3n2CC(=O)N(C2CCN(C([2H])([2H])C([2H])([2H])OC([2H])([2H])[2H])CC2)C([2H])([2H])c2c([2H])c([2H])c(-c3c([2H])c([2H])c(C(F)(F)F)c([2H])c3[2H])c([2H])c2[2H])c1[2H]. The fourth-order valence-corrected chi connectivity index (χ4v) is 6.14. The summed E-state index contributed by atoms with van der Waals surface area (Å²) in [5.41, 5.74) is -8.94. The number of piperidine rings is 1. The highest BCUT2D eigenvalue weighted by atomic mass is 32.2. The van der Waals surface area contributed by atoms with Gasteiger partial charge in [-0.15, -0.1) is 11.8 Å². The number of amides is 1. The van der Waals surface area contributed by atoms with Gasteiger partial charge in [0.25, 0.3) is 0 Å². The van der Waals surface area contributed by atoms with Crippen LogP contribution in [0.3, 0.4) is 0 Å². The summed E-state index contributed by atoms with van der Waals surface area (Å²) >= 11 is 0.218. The third-order valence-corrected chi connectivity index (χ3v) is 8.77. The molecule has 4 aromatic carbocycles. The van der Waals surface area contributed by atoms with Crippen molar-refractivity contribution in [3.63, 3.8) is 0 Å². The number of alkyl halides is 3. The van der Waals surface area contributed by atoms with Gasteiger partial charge in [0.15, 0.2) is 17.1 Å². The first-order valence-corrected chi connectivity index (χ1v) is 16.3. The summed E-state index contributed by atoms with van der Waals surface area (Å²) in [6.45, 7) is -12.2. The fraction of sp³-hybridized carbons (Fsp3) is 0.317. The second kappa shape index (κ2) is 16.7. The van der Waals surface area contributed by atoms with Crippen LogP contribution in [0.4, 0.5) is 22.0 Å². The van der Waals surface area contributed by atoms with E-state index in [1.165, 1.54) is 6.92 Å². The summed E-state index contributed by atoms with van der Waals surface area (Å²) in [7, 11) is -3.48. The third-order valence-electron chi connectivity index (χ3n) is 7.74. The van der Waals surface area contributed by atoms with Gasteiger partial charge >= 0.3 is 6.18 Å². The highest BCUT2D eigenvalue weighted by Crippen LogP contribution is 2.32. The molecule has 12 heteroatoms. The zero-order valence-corrected chi connectivity index (χ0v) is 28.0. The number of carbonyl (C=O) groups excluding carboxylic acids is 1. The normalized spacial score (nSPS) is 21.7. The summed E-state index contributed by atoms with van der Waals surface area (Å²) < 4.78 is 279. The molecule has 1 aromatic heterocycles. The Morgan fingerprint density at radius 2 is 1.70 bits per heavy atom. The molecule has 0 unspecified atom stereocenters. The Hall–Kier alpha value is -4.52. The Kier molecular flexibility index (Phi) is 5.72. The molecule has 0 radical (unpaired) electrons. The number of hydrogen-bond donors (Lipinski definition) is 0. The molecule has 6 nitrogen and oxygen atoms in total. The Morgan fingerprint density at radius 3 is 2.38 bits per heavy atom. The maximum absolute atomic E-state index is 15.4. The van der Waals surface area contributed by atoms with Crippen LogP contribution in [0.1, 0.15) is 68.0 Å². The third kappa shape index (κ3) is 9.17. The molecule has 0 aliphatic carbocycles. The largest absolute Gasteiger partial charge is 0.416 e. The number of rotatable bonds is 12. The number of methoxy groups -OCH3 is 1. The fourth-order valence-electron chi connectivity index (χ4n) is 5.18. The van der Waals surface area contributed by atoms with Crippen LogP contribution in [-0.2, 0) is 34.5 Å². The van der Waals surface area contributed by atoms with E-state index in [9.17, 15) is 25.1 Å². The molecule has 1 aliphatic rings. The van der Waals surface area contributed by atoms with E-state index in [0.717, 1.165) is 4.90 Å². The van der Waals surface area contributed by atoms with Crippen molar-refractivity contribution < 1.29 is 64.4 Å². The first-order chi connectivity index (χ1) is 35.1. The molecule has 1 amide bonds. The minimum absolute atomic E-state index is 0.218. The minimum atomic E-state index is -5.46. The van der Waals surface area contributed by atoms with Crippen LogP contribution in [0.25, 0.3) is 22.0 Å². The summed E-state index contributed by atoms with van der Waals surface area (Å²) in [6.07, 6.45) is -6.72. The van der Waals surface area contributed by atoms with Crippen LogP contribution < -0.4 is 5.43 Å². The summed E-state index contributed by atoms with van der Waals surface area (Å²) in [4.78, 5) is 30.4. The van der Waals surface area contributed by atoms with Crippen LogP contribution in [0, 0.1) is 18.6 Å². The Morgan fingerprint density at radius 1 is 1.00 bits per heavy atom. The molecule has 1 aliphatic heterocycles. The highest BCUT2D eigenvalue weighted by molar-refractivity contribution is 7.98. The number of pyridine rings is 1. The van der Waals surface area contributed by atoms with Crippen LogP contribution in [0.5, 0.6) is 0 Å². The smallest absolute Gasteiger partial charge is 0.383 e. The standard InChI is InChI=1S/C41H40F5N3O3S/c1-27-6-15-36-34(22-27)37(50)23-39(53-26-31-4-3-5-35(42)40(31)43)49(36)25-38(51)48(33-16-18-47(19-17-33)20-21-52-2)24-28-7-9-29(10-8-28)30-11-13-32(14-12-30)41(44,45)46/h3-15,22-23,33H,16-21,24-26H2,1-2H3/i2D3,3D,4D,5D,6D,7D,8D,9D,10D,11D,12D,13D,14D,15D,20D2,21D2,22D,23D,24D2. The molecule has 0 bridgehead atoms. The molecule has 0 spiro atoms. The number of ether oxygens (including phenoxy) is 1. The number of nitrogens with zero attached hydrogens (tertiary/aromatic N) is 3. The number of carbonyl (C=O) groups is 1. The van der Waals surface area contributed by atoms with Gasteiger partial charge in [0.05, 0.1) is 52.8 Å². The van der Waals surface area contributed by atoms with Crippen molar-refractivity contribution in [1.29, 1.82) is 0 Å². The average Bonchev–Trinajstić information content (AvgIpc) is 3.31. The zero-order valence-electron chi connectivity index (χ0n) is 51.2. The van der Waals surface area contributed by atoms with Gasteiger partial charge in [-0.05, 0) is 66.7 Å². The van der Waals surface area contributed by atoms with Crippen molar-refractivity contribution in [1.82, 2.24) is 14.4 Å². The number of hydrogen-bond acceptors (Lipinski definition) is 5. The molecule has 1 fully saturated rings. The zero-order chi connectivity index (χ0) is 58.6. The monoisotopic (exact) mass is 773 g/mol. The first kappa shape index (κ1) is 18.2. The molecule has 5 aromatic rings. The highest BCUT2D eigenvalue weighted by Gasteiger charge is 2.31. The van der Waals surface area contributed by atoms with Gasteiger partial charge in [-0.3, -0.25) is 9.59 Å². The van der Waals surface area contributed by atoms with Gasteiger partial charge in [0.2, 0.25) is 5.91 Å². The minimum Gasteiger partial charge on any atom is -0.383 e. The van der Waals surface area contributed by atoms with Gasteiger partial charge < -0.3 is 19.1 Å². The molecule has 0 atom stereocenters. The lowest BCUT2D eigenvalue weighted by Gasteiger charge is -2.39. The van der Waals surface area contributed by atoms with Gasteiger partial charge in [0.1, 0.15) is 6.54 Å². The Labute approximate surface area is 342 Å². The van der Waals surface area contributed by atoms with Crippen molar-refractivity contribution in [2.45, 2.75) is 55.8 Å². The predicted molar refractivity (Wildman–Crippen MR) is 198 cm³/mol. The Balaban J connectivity index is 1.61. The average molecular weight is 774 g/mol. The maximum Gasteiger partial charge on any atom is 0.416 e. The van der Waals surface area contributed by atoms with E-state index in [2.05, 4.69) is 4.74 Å². The number of thioether (sulfide) groups is 1. The number of halogens is 5. The second-order valence-electron chi connectivity index (χ2n) is 11.2. The van der Waals surface area contributed by atoms with Crippen molar-refractivity contribution in [2.75, 3.05) is 33.2 Å². The van der Waals surface area contributed by atoms with Crippen LogP contribution in [0.15, 0.2) is 100 Å². The quantitative estimate of drug-likeness (QED) is 0.0939. The molecule has 0 N–H and O–H groups in total. The predicted octanol–water partition coefficient (Wildman–Crippen LogP) is 8.71. The Bertz CT molecular complexity index is 3260. The summed E-state index contributed by atoms with van der Waals surface area (Å²) in [5, 5.41) is -1.51. The number of fused-ring (bicyclic) bond motifs is 1. The van der Waals surface area contributed by atoms with Crippen molar-refractivity contribution in [2.24, 2.45) is 0 Å². The van der Waals surface area contributed by atoms with Gasteiger partial charge in [0, 0.05) is 64.6 Å². The summed E-state index contributed by atoms with van der Waals surface area (Å²) in [5.74, 6) is -6.17. The maximum atomic E-state index is 15.4. The number of benzene rings is 4. The van der Waals surface area contributed by atoms with Gasteiger partial charge in [-0.25, -0.2) is 8.78 Å². The van der Waals surface area contributed by atoms with Crippen molar-refractivity contribution in [3.8, 4) is 11.1 Å².